The van der Waals surface area contributed by atoms with Crippen LogP contribution in [-0.4, -0.2) is 0 Å². The van der Waals surface area contributed by atoms with Crippen molar-refractivity contribution in [2.45, 2.75) is 26.9 Å². The molecule has 0 fully saturated rings. The van der Waals surface area contributed by atoms with Crippen molar-refractivity contribution in [1.82, 2.24) is 5.32 Å². The lowest BCUT2D eigenvalue weighted by Gasteiger charge is -2.06. The highest BCUT2D eigenvalue weighted by molar-refractivity contribution is 9.10. The zero-order valence-corrected chi connectivity index (χ0v) is 13.5. The molecule has 18 heavy (non-hydrogen) atoms. The van der Waals surface area contributed by atoms with E-state index >= 15 is 0 Å². The van der Waals surface area contributed by atoms with Gasteiger partial charge in [-0.15, -0.1) is 11.3 Å². The minimum absolute atomic E-state index is 0.776. The van der Waals surface area contributed by atoms with E-state index in [1.807, 2.05) is 29.5 Å². The van der Waals surface area contributed by atoms with Gasteiger partial charge in [0, 0.05) is 32.3 Å². The normalized spacial score (nSPS) is 10.9. The Morgan fingerprint density at radius 2 is 2.00 bits per heavy atom. The van der Waals surface area contributed by atoms with E-state index in [4.69, 9.17) is 11.6 Å². The highest BCUT2D eigenvalue weighted by atomic mass is 79.9. The molecule has 0 saturated carbocycles. The first-order chi connectivity index (χ1) is 8.56. The number of hydrogen-bond acceptors (Lipinski definition) is 2. The molecule has 0 bridgehead atoms. The molecule has 2 aromatic rings. The highest BCUT2D eigenvalue weighted by Crippen LogP contribution is 2.22. The molecule has 0 spiro atoms. The number of thiophene rings is 1. The van der Waals surface area contributed by atoms with Crippen LogP contribution in [0.4, 0.5) is 0 Å². The number of rotatable bonds is 4. The van der Waals surface area contributed by atoms with Crippen LogP contribution in [0.2, 0.25) is 5.02 Å². The number of halogens is 2. The molecule has 4 heteroatoms. The minimum Gasteiger partial charge on any atom is -0.308 e. The van der Waals surface area contributed by atoms with E-state index in [-0.39, 0.29) is 0 Å². The first kappa shape index (κ1) is 14.1. The van der Waals surface area contributed by atoms with Crippen molar-refractivity contribution < 1.29 is 0 Å². The Hall–Kier alpha value is -0.350. The third-order valence-corrected chi connectivity index (χ3v) is 5.00. The largest absolute Gasteiger partial charge is 0.308 e. The molecule has 0 unspecified atom stereocenters. The molecule has 1 aromatic carbocycles. The van der Waals surface area contributed by atoms with Crippen molar-refractivity contribution in [3.63, 3.8) is 0 Å². The van der Waals surface area contributed by atoms with Crippen molar-refractivity contribution in [1.29, 1.82) is 0 Å². The topological polar surface area (TPSA) is 12.0 Å². The van der Waals surface area contributed by atoms with E-state index in [9.17, 15) is 0 Å². The third-order valence-electron chi connectivity index (χ3n) is 2.84. The Labute approximate surface area is 125 Å². The standard InChI is InChI=1S/C14H15BrClNS/c1-9-5-13(18-10(9)2)8-17-7-11-6-12(16)3-4-14(11)15/h3-6,17H,7-8H2,1-2H3. The lowest BCUT2D eigenvalue weighted by atomic mass is 10.2. The summed E-state index contributed by atoms with van der Waals surface area (Å²) in [4.78, 5) is 2.78. The van der Waals surface area contributed by atoms with Crippen molar-refractivity contribution in [2.75, 3.05) is 0 Å². The minimum atomic E-state index is 0.776. The van der Waals surface area contributed by atoms with Crippen LogP contribution in [0.15, 0.2) is 28.7 Å². The van der Waals surface area contributed by atoms with Crippen LogP contribution in [0.3, 0.4) is 0 Å². The summed E-state index contributed by atoms with van der Waals surface area (Å²) in [5.41, 5.74) is 2.56. The van der Waals surface area contributed by atoms with E-state index in [1.165, 1.54) is 20.9 Å². The van der Waals surface area contributed by atoms with Gasteiger partial charge in [0.2, 0.25) is 0 Å². The van der Waals surface area contributed by atoms with E-state index in [0.29, 0.717) is 0 Å². The Morgan fingerprint density at radius 1 is 1.22 bits per heavy atom. The van der Waals surface area contributed by atoms with Crippen molar-refractivity contribution in [3.05, 3.63) is 54.6 Å². The van der Waals surface area contributed by atoms with Crippen molar-refractivity contribution in [3.8, 4) is 0 Å². The summed E-state index contributed by atoms with van der Waals surface area (Å²) in [5, 5.41) is 4.22. The second-order valence-electron chi connectivity index (χ2n) is 4.29. The molecule has 96 valence electrons. The van der Waals surface area contributed by atoms with Crippen LogP contribution >= 0.6 is 38.9 Å². The fourth-order valence-corrected chi connectivity index (χ4v) is 3.34. The van der Waals surface area contributed by atoms with Gasteiger partial charge in [0.05, 0.1) is 0 Å². The summed E-state index contributed by atoms with van der Waals surface area (Å²) in [6.07, 6.45) is 0. The molecule has 1 N–H and O–H groups in total. The summed E-state index contributed by atoms with van der Waals surface area (Å²) in [5.74, 6) is 0. The Balaban J connectivity index is 1.94. The van der Waals surface area contributed by atoms with Gasteiger partial charge >= 0.3 is 0 Å². The van der Waals surface area contributed by atoms with Gasteiger partial charge in [0.15, 0.2) is 0 Å². The SMILES string of the molecule is Cc1cc(CNCc2cc(Cl)ccc2Br)sc1C. The predicted octanol–water partition coefficient (Wildman–Crippen LogP) is 5.07. The Bertz CT molecular complexity index is 531. The summed E-state index contributed by atoms with van der Waals surface area (Å²) < 4.78 is 1.10. The fraction of sp³-hybridized carbons (Fsp3) is 0.286. The van der Waals surface area contributed by atoms with Gasteiger partial charge in [-0.2, -0.15) is 0 Å². The van der Waals surface area contributed by atoms with Crippen LogP contribution in [0, 0.1) is 13.8 Å². The van der Waals surface area contributed by atoms with E-state index in [0.717, 1.165) is 22.6 Å². The second kappa shape index (κ2) is 6.20. The molecule has 0 radical (unpaired) electrons. The van der Waals surface area contributed by atoms with Crippen LogP contribution in [0.1, 0.15) is 20.9 Å². The van der Waals surface area contributed by atoms with Crippen molar-refractivity contribution >= 4 is 38.9 Å². The quantitative estimate of drug-likeness (QED) is 0.816. The van der Waals surface area contributed by atoms with E-state index in [1.54, 1.807) is 0 Å². The molecule has 0 aliphatic heterocycles. The summed E-state index contributed by atoms with van der Waals surface area (Å²) >= 11 is 11.4. The Morgan fingerprint density at radius 3 is 2.67 bits per heavy atom. The molecule has 0 aliphatic rings. The zero-order chi connectivity index (χ0) is 13.1. The first-order valence-corrected chi connectivity index (χ1v) is 7.75. The summed E-state index contributed by atoms with van der Waals surface area (Å²) in [6, 6.07) is 8.11. The maximum Gasteiger partial charge on any atom is 0.0410 e. The van der Waals surface area contributed by atoms with Crippen molar-refractivity contribution in [2.24, 2.45) is 0 Å². The van der Waals surface area contributed by atoms with Crippen LogP contribution < -0.4 is 5.32 Å². The molecule has 0 saturated heterocycles. The average molecular weight is 345 g/mol. The van der Waals surface area contributed by atoms with Gasteiger partial charge in [-0.05, 0) is 49.2 Å². The molecule has 0 aliphatic carbocycles. The lowest BCUT2D eigenvalue weighted by molar-refractivity contribution is 0.699. The predicted molar refractivity (Wildman–Crippen MR) is 83.5 cm³/mol. The fourth-order valence-electron chi connectivity index (χ4n) is 1.74. The van der Waals surface area contributed by atoms with Crippen LogP contribution in [0.5, 0.6) is 0 Å². The van der Waals surface area contributed by atoms with Gasteiger partial charge in [0.25, 0.3) is 0 Å². The number of hydrogen-bond donors (Lipinski definition) is 1. The average Bonchev–Trinajstić information content (AvgIpc) is 2.63. The zero-order valence-electron chi connectivity index (χ0n) is 10.4. The smallest absolute Gasteiger partial charge is 0.0410 e. The van der Waals surface area contributed by atoms with Gasteiger partial charge in [0.1, 0.15) is 0 Å². The third kappa shape index (κ3) is 3.58. The molecular weight excluding hydrogens is 330 g/mol. The maximum absolute atomic E-state index is 5.99. The molecule has 0 atom stereocenters. The van der Waals surface area contributed by atoms with E-state index < -0.39 is 0 Å². The monoisotopic (exact) mass is 343 g/mol. The summed E-state index contributed by atoms with van der Waals surface area (Å²) in [6.45, 7) is 6.04. The first-order valence-electron chi connectivity index (χ1n) is 5.77. The molecule has 1 aromatic heterocycles. The van der Waals surface area contributed by atoms with Gasteiger partial charge in [-0.25, -0.2) is 0 Å². The number of nitrogens with one attached hydrogen (secondary N) is 1. The van der Waals surface area contributed by atoms with Gasteiger partial charge in [-0.3, -0.25) is 0 Å². The maximum atomic E-state index is 5.99. The highest BCUT2D eigenvalue weighted by Gasteiger charge is 2.03. The number of benzene rings is 1. The van der Waals surface area contributed by atoms with Crippen LogP contribution in [-0.2, 0) is 13.1 Å². The number of aryl methyl sites for hydroxylation is 2. The molecule has 1 nitrogen and oxygen atoms in total. The Kier molecular flexibility index (Phi) is 4.84. The molecule has 0 amide bonds. The molecule has 1 heterocycles. The van der Waals surface area contributed by atoms with Crippen LogP contribution in [0.25, 0.3) is 0 Å². The van der Waals surface area contributed by atoms with Gasteiger partial charge < -0.3 is 5.32 Å². The van der Waals surface area contributed by atoms with E-state index in [2.05, 4.69) is 41.2 Å². The molecular formula is C14H15BrClNS. The second-order valence-corrected chi connectivity index (χ2v) is 6.92. The van der Waals surface area contributed by atoms with Gasteiger partial charge in [-0.1, -0.05) is 27.5 Å². The summed E-state index contributed by atoms with van der Waals surface area (Å²) in [7, 11) is 0. The lowest BCUT2D eigenvalue weighted by Crippen LogP contribution is -2.12. The molecule has 2 rings (SSSR count).